The maximum atomic E-state index is 5.18. The molecule has 0 aromatic carbocycles. The van der Waals surface area contributed by atoms with Crippen LogP contribution in [0.4, 0.5) is 0 Å². The van der Waals surface area contributed by atoms with Crippen molar-refractivity contribution >= 4 is 90.1 Å². The van der Waals surface area contributed by atoms with Crippen molar-refractivity contribution in [3.63, 3.8) is 0 Å². The molecule has 4 aliphatic rings. The van der Waals surface area contributed by atoms with Crippen molar-refractivity contribution in [1.29, 1.82) is 0 Å². The van der Waals surface area contributed by atoms with Gasteiger partial charge < -0.3 is 8.83 Å². The fraction of sp³-hybridized carbons (Fsp3) is 0.419. The lowest BCUT2D eigenvalue weighted by atomic mass is 9.87. The topological polar surface area (TPSA) is 207 Å². The molecule has 0 N–H and O–H groups in total. The Bertz CT molecular complexity index is 4550. The lowest BCUT2D eigenvalue weighted by Gasteiger charge is -2.19. The van der Waals surface area contributed by atoms with E-state index in [-0.39, 0.29) is 43.3 Å². The molecule has 16 nitrogen and oxygen atoms in total. The van der Waals surface area contributed by atoms with Crippen LogP contribution in [0.2, 0.25) is 0 Å². The van der Waals surface area contributed by atoms with E-state index < -0.39 is 0 Å². The minimum absolute atomic E-state index is 0.0626. The molecule has 12 aromatic rings. The Morgan fingerprint density at radius 1 is 0.288 bits per heavy atom. The van der Waals surface area contributed by atoms with Crippen molar-refractivity contribution in [2.75, 3.05) is 0 Å². The van der Waals surface area contributed by atoms with Crippen molar-refractivity contribution in [2.45, 2.75) is 235 Å². The van der Waals surface area contributed by atoms with Crippen LogP contribution in [0.3, 0.4) is 0 Å². The first-order chi connectivity index (χ1) is 48.6. The SMILES string of the molecule is CC(C)(C)c1ccc2c(n1)C=CC2.CC(C)(C)c1ccc2ocnc2n1.CC(C)(C)c1ccc2scnc2n1.CC(C)(C)c1cnc2c(c1)CC=C2.CC(C)(C)c1cnc2c(n1)C=CC2.CC(C)(C)c1cnc2c(n1)CC=C2.CC(C)(C)c1cnc2ncoc2c1.CC(C)(C)c1cnc2ncsc2c1. The van der Waals surface area contributed by atoms with Crippen molar-refractivity contribution in [3.05, 3.63) is 224 Å². The van der Waals surface area contributed by atoms with Crippen LogP contribution in [0.1, 0.15) is 257 Å². The third kappa shape index (κ3) is 21.5. The van der Waals surface area contributed by atoms with Crippen molar-refractivity contribution in [2.24, 2.45) is 0 Å². The van der Waals surface area contributed by atoms with E-state index in [1.807, 2.05) is 66.3 Å². The molecule has 0 saturated carbocycles. The summed E-state index contributed by atoms with van der Waals surface area (Å²) in [5, 5.41) is 0. The molecular formula is C86H106N14O2S2. The zero-order valence-corrected chi connectivity index (χ0v) is 67.4. The number of hydrogen-bond donors (Lipinski definition) is 0. The number of allylic oxidation sites excluding steroid dienone is 4. The highest BCUT2D eigenvalue weighted by atomic mass is 32.1. The number of rotatable bonds is 0. The summed E-state index contributed by atoms with van der Waals surface area (Å²) in [6.07, 6.45) is 33.2. The van der Waals surface area contributed by atoms with Gasteiger partial charge in [-0.3, -0.25) is 24.9 Å². The highest BCUT2D eigenvalue weighted by Crippen LogP contribution is 2.32. The summed E-state index contributed by atoms with van der Waals surface area (Å²) in [5.41, 5.74) is 27.8. The van der Waals surface area contributed by atoms with Crippen LogP contribution in [0.25, 0.3) is 67.5 Å². The average Bonchev–Trinajstić information content (AvgIpc) is 1.71. The monoisotopic (exact) mass is 1430 g/mol. The molecule has 18 heteroatoms. The number of hydrogen-bond acceptors (Lipinski definition) is 18. The number of thiazole rings is 2. The zero-order valence-electron chi connectivity index (χ0n) is 65.7. The highest BCUT2D eigenvalue weighted by Gasteiger charge is 2.24. The second-order valence-electron chi connectivity index (χ2n) is 34.6. The Morgan fingerprint density at radius 2 is 0.731 bits per heavy atom. The molecule has 16 rings (SSSR count). The normalized spacial score (nSPS) is 13.5. The van der Waals surface area contributed by atoms with Gasteiger partial charge in [-0.2, -0.15) is 9.97 Å². The standard InChI is InChI=1S/2C12H15N.2C11H14N2.2C10H12N2O.2C10H12N2S/c1-12(2,3)10-7-9-5-4-6-11(9)13-8-10;1-12(2,3)11-8-7-9-5-4-6-10(9)13-11;2*1-11(2,3)10-7-12-8-5-4-6-9(8)13-10;1-10(2,3)7-4-8-9(11-5-7)12-6-13-8;1-10(2,3)8-5-4-7-9(12-8)11-6-13-7;1-10(2,3)7-4-8-9(11-5-7)12-6-13-8;1-10(2,3)8-5-4-7-9(12-8)11-6-13-7/h2*4,6-8H,5H2,1-3H3;4,6-7H,5H2,1-3H3;4-5,7H,6H2,1-3H3;4*4-6H,1-3H3. The van der Waals surface area contributed by atoms with Gasteiger partial charge in [0.15, 0.2) is 46.5 Å². The first kappa shape index (κ1) is 78.9. The second-order valence-corrected chi connectivity index (χ2v) is 36.4. The van der Waals surface area contributed by atoms with E-state index in [0.29, 0.717) is 11.3 Å². The van der Waals surface area contributed by atoms with Gasteiger partial charge in [0.05, 0.1) is 66.0 Å². The molecule has 0 fully saturated rings. The van der Waals surface area contributed by atoms with Gasteiger partial charge >= 0.3 is 0 Å². The Morgan fingerprint density at radius 3 is 1.37 bits per heavy atom. The summed E-state index contributed by atoms with van der Waals surface area (Å²) in [4.78, 5) is 60.8. The summed E-state index contributed by atoms with van der Waals surface area (Å²) in [5.74, 6) is 0. The van der Waals surface area contributed by atoms with Gasteiger partial charge in [-0.1, -0.05) is 203 Å². The van der Waals surface area contributed by atoms with Gasteiger partial charge in [0.25, 0.3) is 0 Å². The predicted molar refractivity (Wildman–Crippen MR) is 432 cm³/mol. The summed E-state index contributed by atoms with van der Waals surface area (Å²) >= 11 is 3.28. The minimum atomic E-state index is 0.0626. The quantitative estimate of drug-likeness (QED) is 0.138. The number of pyridine rings is 6. The first-order valence-corrected chi connectivity index (χ1v) is 37.5. The van der Waals surface area contributed by atoms with E-state index >= 15 is 0 Å². The fourth-order valence-electron chi connectivity index (χ4n) is 10.5. The van der Waals surface area contributed by atoms with Crippen LogP contribution in [0, 0.1) is 0 Å². The molecule has 12 aromatic heterocycles. The Balaban J connectivity index is 0.000000138. The smallest absolute Gasteiger partial charge is 0.198 e. The Kier molecular flexibility index (Phi) is 24.3. The molecular weight excluding hydrogens is 1330 g/mol. The third-order valence-corrected chi connectivity index (χ3v) is 18.9. The van der Waals surface area contributed by atoms with Crippen LogP contribution >= 0.6 is 22.7 Å². The summed E-state index contributed by atoms with van der Waals surface area (Å²) < 4.78 is 12.6. The van der Waals surface area contributed by atoms with E-state index in [1.54, 1.807) is 22.7 Å². The molecule has 0 atom stereocenters. The number of oxazole rings is 2. The summed E-state index contributed by atoms with van der Waals surface area (Å²) in [7, 11) is 0. The average molecular weight is 1430 g/mol. The molecule has 0 radical (unpaired) electrons. The molecule has 0 aliphatic heterocycles. The zero-order chi connectivity index (χ0) is 75.8. The van der Waals surface area contributed by atoms with Gasteiger partial charge in [-0.05, 0) is 124 Å². The van der Waals surface area contributed by atoms with Crippen LogP contribution in [0.5, 0.6) is 0 Å². The maximum Gasteiger partial charge on any atom is 0.198 e. The van der Waals surface area contributed by atoms with Gasteiger partial charge in [-0.25, -0.2) is 34.9 Å². The van der Waals surface area contributed by atoms with E-state index in [4.69, 9.17) is 8.83 Å². The lowest BCUT2D eigenvalue weighted by Crippen LogP contribution is -2.15. The molecule has 4 aliphatic carbocycles. The van der Waals surface area contributed by atoms with Gasteiger partial charge in [0.2, 0.25) is 0 Å². The van der Waals surface area contributed by atoms with Crippen LogP contribution in [-0.2, 0) is 69.0 Å². The van der Waals surface area contributed by atoms with E-state index in [0.717, 1.165) is 115 Å². The molecule has 0 amide bonds. The third-order valence-electron chi connectivity index (χ3n) is 17.4. The Labute approximate surface area is 624 Å². The molecule has 0 unspecified atom stereocenters. The van der Waals surface area contributed by atoms with Crippen LogP contribution in [-0.4, -0.2) is 69.8 Å². The molecule has 0 spiro atoms. The molecule has 12 heterocycles. The number of fused-ring (bicyclic) bond motifs is 8. The maximum absolute atomic E-state index is 5.18. The lowest BCUT2D eigenvalue weighted by molar-refractivity contribution is 0.562. The number of nitrogens with zero attached hydrogens (tertiary/aromatic N) is 14. The van der Waals surface area contributed by atoms with E-state index in [2.05, 4.69) is 315 Å². The molecule has 0 bridgehead atoms. The highest BCUT2D eigenvalue weighted by molar-refractivity contribution is 7.17. The number of aromatic nitrogens is 14. The minimum Gasteiger partial charge on any atom is -0.442 e. The van der Waals surface area contributed by atoms with Crippen LogP contribution < -0.4 is 0 Å². The molecule has 544 valence electrons. The van der Waals surface area contributed by atoms with Gasteiger partial charge in [0.1, 0.15) is 0 Å². The van der Waals surface area contributed by atoms with Crippen molar-refractivity contribution in [1.82, 2.24) is 69.8 Å². The fourth-order valence-corrected chi connectivity index (χ4v) is 11.8. The Hall–Kier alpha value is -9.26. The van der Waals surface area contributed by atoms with Crippen molar-refractivity contribution in [3.8, 4) is 0 Å². The second kappa shape index (κ2) is 32.0. The van der Waals surface area contributed by atoms with Crippen molar-refractivity contribution < 1.29 is 8.83 Å². The van der Waals surface area contributed by atoms with E-state index in [1.165, 1.54) is 45.4 Å². The van der Waals surface area contributed by atoms with Gasteiger partial charge in [-0.15, -0.1) is 22.7 Å². The largest absolute Gasteiger partial charge is 0.442 e. The first-order valence-electron chi connectivity index (χ1n) is 35.8. The summed E-state index contributed by atoms with van der Waals surface area (Å²) in [6, 6.07) is 18.9. The predicted octanol–water partition coefficient (Wildman–Crippen LogP) is 21.6. The van der Waals surface area contributed by atoms with E-state index in [9.17, 15) is 0 Å². The molecule has 0 saturated heterocycles. The molecule has 104 heavy (non-hydrogen) atoms. The summed E-state index contributed by atoms with van der Waals surface area (Å²) in [6.45, 7) is 52.1. The van der Waals surface area contributed by atoms with Gasteiger partial charge in [0, 0.05) is 88.0 Å². The van der Waals surface area contributed by atoms with Crippen LogP contribution in [0.15, 0.2) is 143 Å².